The van der Waals surface area contributed by atoms with Gasteiger partial charge in [0, 0.05) is 17.7 Å². The van der Waals surface area contributed by atoms with Gasteiger partial charge in [-0.2, -0.15) is 9.50 Å². The minimum Gasteiger partial charge on any atom is -0.366 e. The second kappa shape index (κ2) is 4.48. The Balaban J connectivity index is 2.14. The number of nitrogens with zero attached hydrogens (tertiary/aromatic N) is 3. The number of rotatable bonds is 2. The Hall–Kier alpha value is -2.63. The lowest BCUT2D eigenvalue weighted by atomic mass is 10.0. The van der Waals surface area contributed by atoms with Gasteiger partial charge in [-0.25, -0.2) is 0 Å². The van der Waals surface area contributed by atoms with Crippen LogP contribution in [0.25, 0.3) is 5.78 Å². The molecule has 1 aromatic carbocycles. The van der Waals surface area contributed by atoms with Crippen LogP contribution in [0.1, 0.15) is 22.4 Å². The zero-order chi connectivity index (χ0) is 14.3. The highest BCUT2D eigenvalue weighted by Gasteiger charge is 2.12. The molecule has 0 bridgehead atoms. The number of benzene rings is 1. The van der Waals surface area contributed by atoms with E-state index in [4.69, 9.17) is 5.73 Å². The largest absolute Gasteiger partial charge is 0.366 e. The Bertz CT molecular complexity index is 846. The molecule has 6 nitrogen and oxygen atoms in total. The minimum atomic E-state index is -0.179. The first-order valence-electron chi connectivity index (χ1n) is 6.34. The van der Waals surface area contributed by atoms with E-state index in [-0.39, 0.29) is 11.5 Å². The molecular weight excluding hydrogens is 254 g/mol. The molecule has 0 aliphatic carbocycles. The third-order valence-corrected chi connectivity index (χ3v) is 3.29. The molecule has 0 amide bonds. The van der Waals surface area contributed by atoms with Crippen molar-refractivity contribution in [2.24, 2.45) is 0 Å². The van der Waals surface area contributed by atoms with E-state index in [1.807, 2.05) is 32.0 Å². The molecule has 0 aliphatic heterocycles. The molecule has 3 aromatic rings. The number of nitrogens with one attached hydrogen (secondary N) is 1. The predicted molar refractivity (Wildman–Crippen MR) is 76.7 cm³/mol. The van der Waals surface area contributed by atoms with Crippen LogP contribution >= 0.6 is 0 Å². The van der Waals surface area contributed by atoms with Crippen LogP contribution in [0.3, 0.4) is 0 Å². The summed E-state index contributed by atoms with van der Waals surface area (Å²) in [6.07, 6.45) is 0.554. The number of nitrogens with two attached hydrogens (primary N) is 1. The summed E-state index contributed by atoms with van der Waals surface area (Å²) >= 11 is 0. The van der Waals surface area contributed by atoms with Crippen molar-refractivity contribution in [3.63, 3.8) is 0 Å². The van der Waals surface area contributed by atoms with Gasteiger partial charge in [-0.1, -0.05) is 29.8 Å². The first kappa shape index (κ1) is 12.4. The van der Waals surface area contributed by atoms with Crippen LogP contribution < -0.4 is 11.3 Å². The summed E-state index contributed by atoms with van der Waals surface area (Å²) in [6, 6.07) is 8.09. The van der Waals surface area contributed by atoms with Gasteiger partial charge in [0.2, 0.25) is 11.7 Å². The smallest absolute Gasteiger partial charge is 0.279 e. The predicted octanol–water partition coefficient (Wildman–Crippen LogP) is 1.21. The Kier molecular flexibility index (Phi) is 2.78. The highest BCUT2D eigenvalue weighted by molar-refractivity contribution is 5.38. The highest BCUT2D eigenvalue weighted by atomic mass is 16.1. The molecular formula is C14H15N5O. The number of H-pyrrole nitrogens is 1. The zero-order valence-electron chi connectivity index (χ0n) is 11.3. The lowest BCUT2D eigenvalue weighted by Crippen LogP contribution is -2.22. The van der Waals surface area contributed by atoms with E-state index >= 15 is 0 Å². The molecule has 0 radical (unpaired) electrons. The molecule has 0 atom stereocenters. The highest BCUT2D eigenvalue weighted by Crippen LogP contribution is 2.11. The molecule has 102 valence electrons. The van der Waals surface area contributed by atoms with Crippen LogP contribution in [0.5, 0.6) is 0 Å². The van der Waals surface area contributed by atoms with Crippen molar-refractivity contribution in [3.8, 4) is 0 Å². The van der Waals surface area contributed by atoms with Crippen molar-refractivity contribution in [2.75, 3.05) is 5.73 Å². The van der Waals surface area contributed by atoms with Crippen LogP contribution in [-0.2, 0) is 6.42 Å². The van der Waals surface area contributed by atoms with E-state index in [2.05, 4.69) is 21.1 Å². The Morgan fingerprint density at radius 3 is 2.90 bits per heavy atom. The van der Waals surface area contributed by atoms with Gasteiger partial charge in [-0.3, -0.25) is 4.79 Å². The topological polar surface area (TPSA) is 89.1 Å². The van der Waals surface area contributed by atoms with E-state index in [0.29, 0.717) is 17.8 Å². The lowest BCUT2D eigenvalue weighted by molar-refractivity contribution is 0.861. The fourth-order valence-corrected chi connectivity index (χ4v) is 2.32. The number of fused-ring (bicyclic) bond motifs is 1. The Morgan fingerprint density at radius 2 is 2.15 bits per heavy atom. The Labute approximate surface area is 115 Å². The first-order valence-corrected chi connectivity index (χ1v) is 6.34. The molecule has 2 aromatic heterocycles. The number of hydrogen-bond donors (Lipinski definition) is 2. The monoisotopic (exact) mass is 269 g/mol. The molecule has 3 rings (SSSR count). The maximum Gasteiger partial charge on any atom is 0.279 e. The molecule has 0 saturated heterocycles. The molecule has 2 heterocycles. The fraction of sp³-hybridized carbons (Fsp3) is 0.214. The van der Waals surface area contributed by atoms with Crippen molar-refractivity contribution < 1.29 is 0 Å². The Morgan fingerprint density at radius 1 is 1.35 bits per heavy atom. The quantitative estimate of drug-likeness (QED) is 0.731. The van der Waals surface area contributed by atoms with Gasteiger partial charge < -0.3 is 10.7 Å². The van der Waals surface area contributed by atoms with Crippen LogP contribution in [0.4, 0.5) is 5.95 Å². The van der Waals surface area contributed by atoms with E-state index < -0.39 is 0 Å². The summed E-state index contributed by atoms with van der Waals surface area (Å²) in [5.41, 5.74) is 9.07. The van der Waals surface area contributed by atoms with Crippen LogP contribution in [0.2, 0.25) is 0 Å². The molecule has 0 aliphatic rings. The number of hydrogen-bond acceptors (Lipinski definition) is 4. The number of aromatic amines is 1. The van der Waals surface area contributed by atoms with Crippen molar-refractivity contribution >= 4 is 11.7 Å². The van der Waals surface area contributed by atoms with Gasteiger partial charge in [0.15, 0.2) is 0 Å². The summed E-state index contributed by atoms with van der Waals surface area (Å²) < 4.78 is 1.22. The molecule has 0 unspecified atom stereocenters. The van der Waals surface area contributed by atoms with Gasteiger partial charge in [0.25, 0.3) is 5.56 Å². The average Bonchev–Trinajstić information content (AvgIpc) is 2.75. The average molecular weight is 269 g/mol. The van der Waals surface area contributed by atoms with Crippen molar-refractivity contribution in [3.05, 3.63) is 57.0 Å². The lowest BCUT2D eigenvalue weighted by Gasteiger charge is -2.06. The second-order valence-corrected chi connectivity index (χ2v) is 4.90. The summed E-state index contributed by atoms with van der Waals surface area (Å²) in [5.74, 6) is 0.462. The number of aromatic nitrogens is 4. The molecule has 0 spiro atoms. The summed E-state index contributed by atoms with van der Waals surface area (Å²) in [5, 5.41) is 3.91. The number of aryl methyl sites for hydroxylation is 2. The third-order valence-electron chi connectivity index (χ3n) is 3.29. The standard InChI is InChI=1S/C14H15N5O/c1-8-4-3-5-10(6-8)7-11-9(2)16-14-17-13(15)18-19(14)12(11)20/h3-6H,7H2,1-2H3,(H3,15,16,17,18). The van der Waals surface area contributed by atoms with Crippen molar-refractivity contribution in [1.82, 2.24) is 19.6 Å². The maximum absolute atomic E-state index is 12.4. The maximum atomic E-state index is 12.4. The SMILES string of the molecule is Cc1cccc(Cc2c(C)[nH]c3nc(N)nn3c2=O)c1. The summed E-state index contributed by atoms with van der Waals surface area (Å²) in [6.45, 7) is 3.89. The molecule has 0 saturated carbocycles. The van der Waals surface area contributed by atoms with Crippen LogP contribution in [0.15, 0.2) is 29.1 Å². The molecule has 0 fully saturated rings. The van der Waals surface area contributed by atoms with E-state index in [0.717, 1.165) is 11.3 Å². The third kappa shape index (κ3) is 2.05. The van der Waals surface area contributed by atoms with Gasteiger partial charge in [0.1, 0.15) is 0 Å². The van der Waals surface area contributed by atoms with E-state index in [9.17, 15) is 4.79 Å². The van der Waals surface area contributed by atoms with Gasteiger partial charge >= 0.3 is 0 Å². The molecule has 20 heavy (non-hydrogen) atoms. The van der Waals surface area contributed by atoms with Gasteiger partial charge in [0.05, 0.1) is 0 Å². The summed E-state index contributed by atoms with van der Waals surface area (Å²) in [7, 11) is 0. The van der Waals surface area contributed by atoms with Crippen molar-refractivity contribution in [1.29, 1.82) is 0 Å². The fourth-order valence-electron chi connectivity index (χ4n) is 2.32. The number of nitrogen functional groups attached to an aromatic ring is 1. The normalized spacial score (nSPS) is 11.1. The van der Waals surface area contributed by atoms with E-state index in [1.54, 1.807) is 0 Å². The first-order chi connectivity index (χ1) is 9.54. The van der Waals surface area contributed by atoms with Crippen molar-refractivity contribution in [2.45, 2.75) is 20.3 Å². The molecule has 6 heteroatoms. The van der Waals surface area contributed by atoms with Gasteiger partial charge in [-0.05, 0) is 19.4 Å². The molecule has 3 N–H and O–H groups in total. The summed E-state index contributed by atoms with van der Waals surface area (Å²) in [4.78, 5) is 19.5. The number of anilines is 1. The minimum absolute atomic E-state index is 0.0884. The van der Waals surface area contributed by atoms with E-state index in [1.165, 1.54) is 10.1 Å². The zero-order valence-corrected chi connectivity index (χ0v) is 11.3. The van der Waals surface area contributed by atoms with Crippen LogP contribution in [-0.4, -0.2) is 19.6 Å². The van der Waals surface area contributed by atoms with Crippen LogP contribution in [0, 0.1) is 13.8 Å². The van der Waals surface area contributed by atoms with Gasteiger partial charge in [-0.15, -0.1) is 5.10 Å². The second-order valence-electron chi connectivity index (χ2n) is 4.90.